The van der Waals surface area contributed by atoms with Crippen LogP contribution in [0.1, 0.15) is 43.4 Å². The van der Waals surface area contributed by atoms with Crippen molar-refractivity contribution in [2.75, 3.05) is 4.90 Å². The lowest BCUT2D eigenvalue weighted by molar-refractivity contribution is 0.662. The van der Waals surface area contributed by atoms with Crippen LogP contribution < -0.4 is 4.90 Å². The maximum absolute atomic E-state index is 2.47. The number of aromatic nitrogens is 1. The van der Waals surface area contributed by atoms with E-state index in [-0.39, 0.29) is 5.41 Å². The molecule has 0 atom stereocenters. The molecular formula is C57H42N2. The van der Waals surface area contributed by atoms with Crippen LogP contribution in [0.3, 0.4) is 0 Å². The number of allylic oxidation sites excluding steroid dienone is 4. The molecule has 0 bridgehead atoms. The number of para-hydroxylation sites is 2. The van der Waals surface area contributed by atoms with Crippen molar-refractivity contribution in [2.45, 2.75) is 32.1 Å². The normalized spacial score (nSPS) is 14.3. The van der Waals surface area contributed by atoms with Crippen molar-refractivity contribution in [2.24, 2.45) is 0 Å². The van der Waals surface area contributed by atoms with Crippen molar-refractivity contribution in [3.8, 4) is 33.4 Å². The van der Waals surface area contributed by atoms with E-state index in [9.17, 15) is 0 Å². The Hall–Kier alpha value is -7.16. The minimum Gasteiger partial charge on any atom is -0.310 e. The largest absolute Gasteiger partial charge is 0.310 e. The molecule has 59 heavy (non-hydrogen) atoms. The molecule has 0 spiro atoms. The van der Waals surface area contributed by atoms with E-state index in [1.54, 1.807) is 0 Å². The lowest BCUT2D eigenvalue weighted by Crippen LogP contribution is -2.16. The van der Waals surface area contributed by atoms with Crippen LogP contribution in [0, 0.1) is 0 Å². The van der Waals surface area contributed by atoms with E-state index in [4.69, 9.17) is 0 Å². The zero-order chi connectivity index (χ0) is 39.2. The molecule has 2 aliphatic rings. The lowest BCUT2D eigenvalue weighted by atomic mass is 9.78. The van der Waals surface area contributed by atoms with Crippen molar-refractivity contribution in [1.29, 1.82) is 0 Å². The molecule has 0 amide bonds. The molecule has 0 saturated heterocycles. The topological polar surface area (TPSA) is 7.65 Å². The molecule has 0 N–H and O–H groups in total. The molecule has 0 aliphatic heterocycles. The molecule has 2 nitrogen and oxygen atoms in total. The van der Waals surface area contributed by atoms with Crippen molar-refractivity contribution < 1.29 is 0 Å². The van der Waals surface area contributed by atoms with Crippen LogP contribution in [-0.4, -0.2) is 4.40 Å². The van der Waals surface area contributed by atoms with Gasteiger partial charge in [0.2, 0.25) is 0 Å². The molecule has 10 aromatic rings. The highest BCUT2D eigenvalue weighted by atomic mass is 15.1. The van der Waals surface area contributed by atoms with Gasteiger partial charge in [-0.1, -0.05) is 159 Å². The van der Waals surface area contributed by atoms with Gasteiger partial charge in [-0.05, 0) is 117 Å². The van der Waals surface area contributed by atoms with Gasteiger partial charge >= 0.3 is 0 Å². The summed E-state index contributed by atoms with van der Waals surface area (Å²) in [5.74, 6) is 0. The summed E-state index contributed by atoms with van der Waals surface area (Å²) in [6, 6.07) is 65.4. The Morgan fingerprint density at radius 3 is 1.88 bits per heavy atom. The Morgan fingerprint density at radius 2 is 1.14 bits per heavy atom. The molecule has 2 heterocycles. The van der Waals surface area contributed by atoms with Crippen LogP contribution in [0.4, 0.5) is 17.1 Å². The van der Waals surface area contributed by atoms with E-state index in [2.05, 4.69) is 217 Å². The Kier molecular flexibility index (Phi) is 7.43. The summed E-state index contributed by atoms with van der Waals surface area (Å²) in [7, 11) is 0. The second kappa shape index (κ2) is 12.9. The number of hydrogen-bond acceptors (Lipinski definition) is 1. The minimum atomic E-state index is -0.146. The van der Waals surface area contributed by atoms with Gasteiger partial charge < -0.3 is 9.30 Å². The van der Waals surface area contributed by atoms with Crippen molar-refractivity contribution in [3.63, 3.8) is 0 Å². The van der Waals surface area contributed by atoms with Crippen LogP contribution in [0.5, 0.6) is 0 Å². The average molecular weight is 755 g/mol. The third-order valence-corrected chi connectivity index (χ3v) is 13.1. The second-order valence-corrected chi connectivity index (χ2v) is 16.8. The van der Waals surface area contributed by atoms with E-state index >= 15 is 0 Å². The van der Waals surface area contributed by atoms with E-state index in [0.717, 1.165) is 24.2 Å². The standard InChI is InChI=1S/C57H42N2/c1-57(2)50-36-41(38-16-7-4-8-17-38)28-33-45(50)47-21-13-20-44(55(47)57)40-26-31-43(32-27-40)58(42-29-24-39(25-30-42)37-14-5-3-6-15-37)53-35-34-48-46-18-9-11-22-51(46)59-52-23-12-10-19-49(52)54(53)56(48)59/h3,5-7,9-36H,4,8H2,1-2H3. The highest BCUT2D eigenvalue weighted by Crippen LogP contribution is 2.53. The van der Waals surface area contributed by atoms with Gasteiger partial charge in [0.05, 0.1) is 22.2 Å². The van der Waals surface area contributed by atoms with E-state index in [1.807, 2.05) is 0 Å². The minimum absolute atomic E-state index is 0.146. The van der Waals surface area contributed by atoms with Gasteiger partial charge in [0.1, 0.15) is 0 Å². The highest BCUT2D eigenvalue weighted by Gasteiger charge is 2.38. The predicted molar refractivity (Wildman–Crippen MR) is 251 cm³/mol. The number of hydrogen-bond donors (Lipinski definition) is 0. The molecule has 2 heteroatoms. The summed E-state index contributed by atoms with van der Waals surface area (Å²) in [6.45, 7) is 4.81. The summed E-state index contributed by atoms with van der Waals surface area (Å²) in [5.41, 5.74) is 20.1. The molecule has 8 aromatic carbocycles. The van der Waals surface area contributed by atoms with Gasteiger partial charge in [0, 0.05) is 38.3 Å². The van der Waals surface area contributed by atoms with E-state index in [1.165, 1.54) is 99.4 Å². The monoisotopic (exact) mass is 754 g/mol. The smallest absolute Gasteiger partial charge is 0.0641 e. The van der Waals surface area contributed by atoms with Gasteiger partial charge in [-0.15, -0.1) is 0 Å². The van der Waals surface area contributed by atoms with Crippen molar-refractivity contribution in [1.82, 2.24) is 4.40 Å². The fourth-order valence-electron chi connectivity index (χ4n) is 10.4. The maximum atomic E-state index is 2.47. The summed E-state index contributed by atoms with van der Waals surface area (Å²) in [6.07, 6.45) is 9.21. The number of anilines is 3. The van der Waals surface area contributed by atoms with Crippen LogP contribution in [0.25, 0.3) is 77.0 Å². The number of benzene rings is 8. The number of fused-ring (bicyclic) bond motifs is 9. The first-order chi connectivity index (χ1) is 29.0. The van der Waals surface area contributed by atoms with Gasteiger partial charge in [-0.25, -0.2) is 0 Å². The second-order valence-electron chi connectivity index (χ2n) is 16.8. The average Bonchev–Trinajstić information content (AvgIpc) is 3.90. The first-order valence-electron chi connectivity index (χ1n) is 20.9. The maximum Gasteiger partial charge on any atom is 0.0641 e. The number of rotatable bonds is 6. The molecule has 0 saturated carbocycles. The van der Waals surface area contributed by atoms with Gasteiger partial charge in [0.15, 0.2) is 0 Å². The van der Waals surface area contributed by atoms with Crippen LogP contribution >= 0.6 is 0 Å². The third kappa shape index (κ3) is 5.06. The zero-order valence-corrected chi connectivity index (χ0v) is 33.3. The highest BCUT2D eigenvalue weighted by molar-refractivity contribution is 6.27. The molecule has 0 radical (unpaired) electrons. The molecule has 0 unspecified atom stereocenters. The summed E-state index contributed by atoms with van der Waals surface area (Å²) in [5, 5.41) is 5.10. The summed E-state index contributed by atoms with van der Waals surface area (Å²) >= 11 is 0. The fourth-order valence-corrected chi connectivity index (χ4v) is 10.4. The Bertz CT molecular complexity index is 3320. The molecule has 280 valence electrons. The quantitative estimate of drug-likeness (QED) is 0.164. The van der Waals surface area contributed by atoms with Crippen LogP contribution in [0.2, 0.25) is 0 Å². The predicted octanol–water partition coefficient (Wildman–Crippen LogP) is 15.7. The molecule has 2 aliphatic carbocycles. The number of nitrogens with zero attached hydrogens (tertiary/aromatic N) is 2. The fraction of sp³-hybridized carbons (Fsp3) is 0.0877. The van der Waals surface area contributed by atoms with Gasteiger partial charge in [-0.3, -0.25) is 0 Å². The first kappa shape index (κ1) is 33.9. The third-order valence-electron chi connectivity index (χ3n) is 13.1. The molecular weight excluding hydrogens is 713 g/mol. The SMILES string of the molecule is CC1(C)c2cc(C3=CCCC=C3)ccc2-c2cccc(-c3ccc(N(c4ccc(-c5ccccc5)cc4)c4ccc5c6ccccc6n6c7ccccc7c4c56)cc3)c21. The Balaban J connectivity index is 1.02. The summed E-state index contributed by atoms with van der Waals surface area (Å²) < 4.78 is 2.47. The summed E-state index contributed by atoms with van der Waals surface area (Å²) in [4.78, 5) is 2.46. The lowest BCUT2D eigenvalue weighted by Gasteiger charge is -2.28. The molecule has 0 fully saturated rings. The Labute approximate surface area is 345 Å². The van der Waals surface area contributed by atoms with Crippen LogP contribution in [-0.2, 0) is 5.41 Å². The van der Waals surface area contributed by atoms with Crippen LogP contribution in [0.15, 0.2) is 194 Å². The molecule has 2 aromatic heterocycles. The van der Waals surface area contributed by atoms with Crippen molar-refractivity contribution in [3.05, 3.63) is 211 Å². The van der Waals surface area contributed by atoms with Crippen molar-refractivity contribution >= 4 is 60.7 Å². The van der Waals surface area contributed by atoms with E-state index < -0.39 is 0 Å². The van der Waals surface area contributed by atoms with Gasteiger partial charge in [-0.2, -0.15) is 0 Å². The first-order valence-corrected chi connectivity index (χ1v) is 20.9. The Morgan fingerprint density at radius 1 is 0.492 bits per heavy atom. The van der Waals surface area contributed by atoms with Gasteiger partial charge in [0.25, 0.3) is 0 Å². The molecule has 12 rings (SSSR count). The van der Waals surface area contributed by atoms with E-state index in [0.29, 0.717) is 0 Å². The zero-order valence-electron chi connectivity index (χ0n) is 33.3.